The van der Waals surface area contributed by atoms with Crippen LogP contribution in [0.25, 0.3) is 0 Å². The van der Waals surface area contributed by atoms with Crippen LogP contribution in [0.4, 0.5) is 0 Å². The van der Waals surface area contributed by atoms with Gasteiger partial charge >= 0.3 is 41.8 Å². The van der Waals surface area contributed by atoms with Crippen LogP contribution in [-0.2, 0) is 57.6 Å². The highest BCUT2D eigenvalue weighted by molar-refractivity contribution is 5.77. The zero-order valence-corrected chi connectivity index (χ0v) is 34.4. The predicted molar refractivity (Wildman–Crippen MR) is 220 cm³/mol. The number of nitrogens with two attached hydrogens (primary N) is 7. The molecule has 0 spiro atoms. The Balaban J connectivity index is -0.000000690. The van der Waals surface area contributed by atoms with Gasteiger partial charge in [0.25, 0.3) is 0 Å². The van der Waals surface area contributed by atoms with E-state index in [9.17, 15) is 38.4 Å². The second-order valence-electron chi connectivity index (χ2n) is 13.2. The summed E-state index contributed by atoms with van der Waals surface area (Å²) in [6, 6.07) is 0.948. The molecule has 24 N–H and O–H groups in total. The Hall–Kier alpha value is -7.04. The number of carbonyl (C=O) groups is 8. The molecule has 27 nitrogen and oxygen atoms in total. The van der Waals surface area contributed by atoms with E-state index in [-0.39, 0.29) is 56.6 Å². The Morgan fingerprint density at radius 1 is 0.540 bits per heavy atom. The topological polar surface area (TPSA) is 538 Å². The molecule has 0 aliphatic heterocycles. The van der Waals surface area contributed by atoms with E-state index in [2.05, 4.69) is 19.9 Å². The van der Waals surface area contributed by atoms with Gasteiger partial charge in [0.2, 0.25) is 5.91 Å². The number of rotatable bonds is 19. The third kappa shape index (κ3) is 34.4. The lowest BCUT2D eigenvalue weighted by atomic mass is 10.1. The Morgan fingerprint density at radius 3 is 1.14 bits per heavy atom. The van der Waals surface area contributed by atoms with Gasteiger partial charge in [0, 0.05) is 38.1 Å². The number of benzene rings is 1. The van der Waals surface area contributed by atoms with E-state index in [0.29, 0.717) is 11.4 Å². The van der Waals surface area contributed by atoms with Crippen LogP contribution in [0.15, 0.2) is 49.3 Å². The fourth-order valence-corrected chi connectivity index (χ4v) is 3.51. The first-order valence-electron chi connectivity index (χ1n) is 18.3. The van der Waals surface area contributed by atoms with Crippen LogP contribution >= 0.6 is 0 Å². The smallest absolute Gasteiger partial charge is 0.320 e. The van der Waals surface area contributed by atoms with Gasteiger partial charge in [0.05, 0.1) is 24.0 Å². The van der Waals surface area contributed by atoms with Gasteiger partial charge in [-0.25, -0.2) is 9.97 Å². The average molecular weight is 902 g/mol. The second-order valence-corrected chi connectivity index (χ2v) is 13.2. The number of carbonyl (C=O) groups excluding carboxylic acids is 1. The monoisotopic (exact) mass is 901 g/mol. The first-order valence-corrected chi connectivity index (χ1v) is 18.3. The number of amides is 1. The molecule has 1 amide bonds. The summed E-state index contributed by atoms with van der Waals surface area (Å²) >= 11 is 0. The van der Waals surface area contributed by atoms with E-state index in [4.69, 9.17) is 81.0 Å². The summed E-state index contributed by atoms with van der Waals surface area (Å²) in [6.45, 7) is 3.55. The van der Waals surface area contributed by atoms with Gasteiger partial charge in [-0.2, -0.15) is 0 Å². The third-order valence-corrected chi connectivity index (χ3v) is 7.32. The van der Waals surface area contributed by atoms with E-state index in [1.165, 1.54) is 24.8 Å². The number of aromatic hydroxyl groups is 1. The molecule has 0 aliphatic carbocycles. The number of nitrogens with one attached hydrogen (secondary N) is 2. The Labute approximate surface area is 359 Å². The van der Waals surface area contributed by atoms with Crippen LogP contribution in [-0.4, -0.2) is 145 Å². The van der Waals surface area contributed by atoms with Crippen LogP contribution in [0.1, 0.15) is 56.5 Å². The van der Waals surface area contributed by atoms with Crippen molar-refractivity contribution in [2.45, 2.75) is 95.0 Å². The lowest BCUT2D eigenvalue weighted by Crippen LogP contribution is -2.34. The zero-order valence-electron chi connectivity index (χ0n) is 34.4. The number of primary amides is 1. The Kier molecular flexibility index (Phi) is 32.2. The largest absolute Gasteiger partial charge is 0.508 e. The summed E-state index contributed by atoms with van der Waals surface area (Å²) in [5.41, 5.74) is 37.9. The summed E-state index contributed by atoms with van der Waals surface area (Å²) in [7, 11) is 0. The molecule has 27 heteroatoms. The average Bonchev–Trinajstić information content (AvgIpc) is 3.92. The Morgan fingerprint density at radius 2 is 0.889 bits per heavy atom. The van der Waals surface area contributed by atoms with Gasteiger partial charge in [0.1, 0.15) is 42.0 Å². The van der Waals surface area contributed by atoms with Crippen LogP contribution in [0.3, 0.4) is 0 Å². The van der Waals surface area contributed by atoms with E-state index in [1.54, 1.807) is 38.4 Å². The standard InChI is InChI=1S/C9H11NO3.2C6H9N3O2.C5H10N2O3.C5H9NO4.C5H11NO2/c10-8(9(12)13)5-6-1-3-7(11)4-2-6;2*7-5(6(10)11)1-4-2-8-3-9-4;2*6-3(5(9)10)1-2-4(7)8;1-3(2)4(6)5(7)8/h1-4,8,11H,5,10H2,(H,12,13);2*2-3,5H,1,7H2,(H,8,9)(H,10,11);3H,1-2,6H2,(H2,7,8)(H,9,10);3H,1-2,6H2,(H,7,8)(H,9,10);3-4H,6H2,1-2H3,(H,7,8). The number of aliphatic carboxylic acids is 7. The van der Waals surface area contributed by atoms with Crippen LogP contribution in [0.2, 0.25) is 0 Å². The number of phenolic OH excluding ortho intramolecular Hbond substituents is 1. The highest BCUT2D eigenvalue weighted by Gasteiger charge is 2.16. The number of H-pyrrole nitrogens is 2. The summed E-state index contributed by atoms with van der Waals surface area (Å²) in [5.74, 6) is -7.62. The molecule has 0 fully saturated rings. The zero-order chi connectivity index (χ0) is 49.4. The fourth-order valence-electron chi connectivity index (χ4n) is 3.51. The first kappa shape index (κ1) is 60.3. The highest BCUT2D eigenvalue weighted by atomic mass is 16.4. The van der Waals surface area contributed by atoms with Crippen molar-refractivity contribution >= 4 is 47.7 Å². The number of hydrogen-bond donors (Lipinski definition) is 17. The molecule has 0 saturated carbocycles. The van der Waals surface area contributed by atoms with Crippen molar-refractivity contribution in [2.24, 2.45) is 46.1 Å². The van der Waals surface area contributed by atoms with Crippen LogP contribution < -0.4 is 40.1 Å². The Bertz CT molecular complexity index is 1710. The number of nitrogens with zero attached hydrogens (tertiary/aromatic N) is 2. The lowest BCUT2D eigenvalue weighted by molar-refractivity contribution is -0.141. The number of carboxylic acids is 7. The molecule has 2 heterocycles. The number of aromatic amines is 2. The molecule has 0 aliphatic rings. The van der Waals surface area contributed by atoms with Crippen molar-refractivity contribution in [1.82, 2.24) is 19.9 Å². The van der Waals surface area contributed by atoms with Gasteiger partial charge in [0.15, 0.2) is 0 Å². The first-order chi connectivity index (χ1) is 29.1. The molecule has 0 radical (unpaired) electrons. The normalized spacial score (nSPS) is 12.8. The van der Waals surface area contributed by atoms with Crippen molar-refractivity contribution in [3.63, 3.8) is 0 Å². The second kappa shape index (κ2) is 33.7. The minimum Gasteiger partial charge on any atom is -0.508 e. The SMILES string of the molecule is CC(C)C(N)C(=O)O.NC(=O)CCC(N)C(=O)O.NC(CCC(=O)O)C(=O)O.NC(Cc1c[nH]cn1)C(=O)O.NC(Cc1c[nH]cn1)C(=O)O.NC(Cc1ccc(O)cc1)C(=O)O. The van der Waals surface area contributed by atoms with Gasteiger partial charge in [-0.05, 0) is 42.9 Å². The molecule has 6 unspecified atom stereocenters. The molecule has 3 rings (SSSR count). The maximum atomic E-state index is 10.4. The maximum absolute atomic E-state index is 10.4. The quantitative estimate of drug-likeness (QED) is 0.0572. The maximum Gasteiger partial charge on any atom is 0.320 e. The molecule has 354 valence electrons. The highest BCUT2D eigenvalue weighted by Crippen LogP contribution is 2.10. The van der Waals surface area contributed by atoms with Crippen molar-refractivity contribution in [3.8, 4) is 5.75 Å². The minimum atomic E-state index is -1.17. The molecule has 63 heavy (non-hydrogen) atoms. The number of aromatic nitrogens is 4. The third-order valence-electron chi connectivity index (χ3n) is 7.32. The summed E-state index contributed by atoms with van der Waals surface area (Å²) < 4.78 is 0. The molecule has 2 aromatic heterocycles. The van der Waals surface area contributed by atoms with Crippen LogP contribution in [0.5, 0.6) is 5.75 Å². The van der Waals surface area contributed by atoms with E-state index in [1.807, 2.05) is 0 Å². The molecule has 0 bridgehead atoms. The predicted octanol–water partition coefficient (Wildman–Crippen LogP) is -2.94. The van der Waals surface area contributed by atoms with Gasteiger partial charge < -0.3 is 91.0 Å². The number of phenols is 1. The fraction of sp³-hybridized carbons (Fsp3) is 0.444. The van der Waals surface area contributed by atoms with Gasteiger partial charge in [-0.15, -0.1) is 0 Å². The molecule has 3 aromatic rings. The lowest BCUT2D eigenvalue weighted by Gasteiger charge is -2.07. The van der Waals surface area contributed by atoms with E-state index >= 15 is 0 Å². The van der Waals surface area contributed by atoms with Crippen molar-refractivity contribution in [2.75, 3.05) is 0 Å². The number of hydrogen-bond acceptors (Lipinski definition) is 17. The molecular formula is C36H59N11O16. The molecular weight excluding hydrogens is 842 g/mol. The molecule has 6 atom stereocenters. The summed E-state index contributed by atoms with van der Waals surface area (Å²) in [4.78, 5) is 94.1. The van der Waals surface area contributed by atoms with Crippen molar-refractivity contribution in [3.05, 3.63) is 66.3 Å². The van der Waals surface area contributed by atoms with E-state index in [0.717, 1.165) is 5.56 Å². The van der Waals surface area contributed by atoms with Gasteiger partial charge in [-0.1, -0.05) is 26.0 Å². The minimum absolute atomic E-state index is 0.0208. The van der Waals surface area contributed by atoms with Crippen molar-refractivity contribution in [1.29, 1.82) is 0 Å². The van der Waals surface area contributed by atoms with Crippen LogP contribution in [0, 0.1) is 5.92 Å². The van der Waals surface area contributed by atoms with Gasteiger partial charge in [-0.3, -0.25) is 38.4 Å². The van der Waals surface area contributed by atoms with E-state index < -0.39 is 83.9 Å². The number of carboxylic acid groups (broad SMARTS) is 7. The summed E-state index contributed by atoms with van der Waals surface area (Å²) in [5, 5.41) is 67.0. The van der Waals surface area contributed by atoms with Crippen molar-refractivity contribution < 1.29 is 79.2 Å². The number of imidazole rings is 2. The molecule has 0 saturated heterocycles. The summed E-state index contributed by atoms with van der Waals surface area (Å²) in [6.07, 6.45) is 6.93. The molecule has 1 aromatic carbocycles.